The zero-order valence-electron chi connectivity index (χ0n) is 15.6. The number of anilines is 1. The van der Waals surface area contributed by atoms with Crippen molar-refractivity contribution in [2.75, 3.05) is 32.8 Å². The molecular formula is C18H20N2O7S. The minimum atomic E-state index is -0.729. The number of nitrogens with zero attached hydrogens (tertiary/aromatic N) is 1. The van der Waals surface area contributed by atoms with Gasteiger partial charge in [-0.1, -0.05) is 6.07 Å². The molecule has 0 aliphatic rings. The molecule has 28 heavy (non-hydrogen) atoms. The molecule has 1 amide bonds. The average molecular weight is 408 g/mol. The SMILES string of the molecule is CCOC(=O)Cc1csc(NC(=O)COC(=O)c2cccc(OC)c2OC)n1. The molecule has 0 bridgehead atoms. The summed E-state index contributed by atoms with van der Waals surface area (Å²) in [5.74, 6) is -1.09. The van der Waals surface area contributed by atoms with Crippen molar-refractivity contribution in [1.29, 1.82) is 0 Å². The molecular weight excluding hydrogens is 388 g/mol. The quantitative estimate of drug-likeness (QED) is 0.628. The molecule has 0 atom stereocenters. The average Bonchev–Trinajstić information content (AvgIpc) is 3.11. The number of thiazole rings is 1. The molecule has 0 unspecified atom stereocenters. The molecule has 0 aliphatic heterocycles. The Hall–Kier alpha value is -3.14. The molecule has 2 rings (SSSR count). The van der Waals surface area contributed by atoms with Crippen molar-refractivity contribution in [1.82, 2.24) is 4.98 Å². The van der Waals surface area contributed by atoms with Gasteiger partial charge in [0, 0.05) is 5.38 Å². The number of rotatable bonds is 9. The number of esters is 2. The van der Waals surface area contributed by atoms with Crippen LogP contribution in [0, 0.1) is 0 Å². The van der Waals surface area contributed by atoms with Gasteiger partial charge in [0.25, 0.3) is 5.91 Å². The summed E-state index contributed by atoms with van der Waals surface area (Å²) in [7, 11) is 2.85. The molecule has 0 fully saturated rings. The number of methoxy groups -OCH3 is 2. The summed E-state index contributed by atoms with van der Waals surface area (Å²) in [5.41, 5.74) is 0.623. The number of amides is 1. The molecule has 150 valence electrons. The van der Waals surface area contributed by atoms with Gasteiger partial charge in [0.15, 0.2) is 23.2 Å². The Morgan fingerprint density at radius 1 is 1.14 bits per heavy atom. The molecule has 1 N–H and O–H groups in total. The van der Waals surface area contributed by atoms with Gasteiger partial charge in [0.05, 0.1) is 32.9 Å². The van der Waals surface area contributed by atoms with Gasteiger partial charge in [-0.25, -0.2) is 9.78 Å². The van der Waals surface area contributed by atoms with E-state index in [0.717, 1.165) is 11.3 Å². The maximum Gasteiger partial charge on any atom is 0.342 e. The van der Waals surface area contributed by atoms with Crippen molar-refractivity contribution in [3.8, 4) is 11.5 Å². The molecule has 0 radical (unpaired) electrons. The first kappa shape index (κ1) is 21.2. The molecule has 0 saturated carbocycles. The van der Waals surface area contributed by atoms with Crippen LogP contribution in [-0.4, -0.2) is 50.3 Å². The topological polar surface area (TPSA) is 113 Å². The number of nitrogens with one attached hydrogen (secondary N) is 1. The van der Waals surface area contributed by atoms with Crippen LogP contribution >= 0.6 is 11.3 Å². The zero-order valence-corrected chi connectivity index (χ0v) is 16.5. The molecule has 1 aromatic heterocycles. The minimum absolute atomic E-state index is 0.0187. The largest absolute Gasteiger partial charge is 0.493 e. The number of benzene rings is 1. The molecule has 0 aliphatic carbocycles. The second-order valence-electron chi connectivity index (χ2n) is 5.29. The summed E-state index contributed by atoms with van der Waals surface area (Å²) >= 11 is 1.15. The molecule has 1 heterocycles. The lowest BCUT2D eigenvalue weighted by atomic mass is 10.2. The molecule has 2 aromatic rings. The zero-order chi connectivity index (χ0) is 20.5. The van der Waals surface area contributed by atoms with Gasteiger partial charge in [0.1, 0.15) is 5.56 Å². The van der Waals surface area contributed by atoms with Gasteiger partial charge in [-0.2, -0.15) is 0 Å². The maximum atomic E-state index is 12.2. The van der Waals surface area contributed by atoms with Gasteiger partial charge >= 0.3 is 11.9 Å². The standard InChI is InChI=1S/C18H20N2O7S/c1-4-26-15(22)8-11-10-28-18(19-11)20-14(21)9-27-17(23)12-6-5-7-13(24-2)16(12)25-3/h5-7,10H,4,8-9H2,1-3H3,(H,19,20,21). The fraction of sp³-hybridized carbons (Fsp3) is 0.333. The summed E-state index contributed by atoms with van der Waals surface area (Å²) in [5, 5.41) is 4.44. The van der Waals surface area contributed by atoms with Crippen molar-refractivity contribution in [2.24, 2.45) is 0 Å². The van der Waals surface area contributed by atoms with Crippen LogP contribution in [0.1, 0.15) is 23.0 Å². The highest BCUT2D eigenvalue weighted by Crippen LogP contribution is 2.31. The molecule has 9 nitrogen and oxygen atoms in total. The van der Waals surface area contributed by atoms with Gasteiger partial charge in [-0.05, 0) is 19.1 Å². The lowest BCUT2D eigenvalue weighted by Crippen LogP contribution is -2.21. The summed E-state index contributed by atoms with van der Waals surface area (Å²) in [6.07, 6.45) is 0.0187. The van der Waals surface area contributed by atoms with Crippen molar-refractivity contribution < 1.29 is 33.3 Å². The van der Waals surface area contributed by atoms with E-state index in [2.05, 4.69) is 10.3 Å². The summed E-state index contributed by atoms with van der Waals surface area (Å²) < 4.78 is 20.2. The normalized spacial score (nSPS) is 10.1. The first-order valence-corrected chi connectivity index (χ1v) is 9.14. The lowest BCUT2D eigenvalue weighted by Gasteiger charge is -2.11. The summed E-state index contributed by atoms with van der Waals surface area (Å²) in [6, 6.07) is 4.75. The molecule has 0 spiro atoms. The number of carbonyl (C=O) groups is 3. The van der Waals surface area contributed by atoms with Gasteiger partial charge in [-0.15, -0.1) is 11.3 Å². The highest BCUT2D eigenvalue weighted by molar-refractivity contribution is 7.13. The second kappa shape index (κ2) is 10.3. The first-order chi connectivity index (χ1) is 13.5. The van der Waals surface area contributed by atoms with E-state index in [1.165, 1.54) is 20.3 Å². The van der Waals surface area contributed by atoms with Gasteiger partial charge in [0.2, 0.25) is 0 Å². The Morgan fingerprint density at radius 3 is 2.61 bits per heavy atom. The number of ether oxygens (including phenoxy) is 4. The Bertz CT molecular complexity index is 850. The third-order valence-corrected chi connectivity index (χ3v) is 4.19. The molecule has 10 heteroatoms. The smallest absolute Gasteiger partial charge is 0.342 e. The summed E-state index contributed by atoms with van der Waals surface area (Å²) in [4.78, 5) is 39.8. The highest BCUT2D eigenvalue weighted by atomic mass is 32.1. The van der Waals surface area contributed by atoms with Crippen LogP contribution in [-0.2, 0) is 25.5 Å². The predicted octanol–water partition coefficient (Wildman–Crippen LogP) is 2.06. The first-order valence-electron chi connectivity index (χ1n) is 8.26. The lowest BCUT2D eigenvalue weighted by molar-refractivity contribution is -0.142. The molecule has 1 aromatic carbocycles. The van der Waals surface area contributed by atoms with E-state index in [4.69, 9.17) is 18.9 Å². The fourth-order valence-corrected chi connectivity index (χ4v) is 2.94. The predicted molar refractivity (Wildman–Crippen MR) is 101 cm³/mol. The van der Waals surface area contributed by atoms with E-state index in [1.807, 2.05) is 0 Å². The minimum Gasteiger partial charge on any atom is -0.493 e. The summed E-state index contributed by atoms with van der Waals surface area (Å²) in [6.45, 7) is 1.50. The Morgan fingerprint density at radius 2 is 1.93 bits per heavy atom. The van der Waals surface area contributed by atoms with Crippen LogP contribution in [0.25, 0.3) is 0 Å². The van der Waals surface area contributed by atoms with E-state index in [1.54, 1.807) is 24.4 Å². The Labute approximate surface area is 165 Å². The van der Waals surface area contributed by atoms with Crippen LogP contribution in [0.15, 0.2) is 23.6 Å². The van der Waals surface area contributed by atoms with Crippen molar-refractivity contribution >= 4 is 34.3 Å². The number of aromatic nitrogens is 1. The van der Waals surface area contributed by atoms with Gasteiger partial charge in [-0.3, -0.25) is 14.9 Å². The van der Waals surface area contributed by atoms with Crippen LogP contribution < -0.4 is 14.8 Å². The number of hydrogen-bond donors (Lipinski definition) is 1. The van der Waals surface area contributed by atoms with Crippen LogP contribution in [0.3, 0.4) is 0 Å². The van der Waals surface area contributed by atoms with Gasteiger partial charge < -0.3 is 18.9 Å². The second-order valence-corrected chi connectivity index (χ2v) is 6.15. The van der Waals surface area contributed by atoms with Crippen LogP contribution in [0.5, 0.6) is 11.5 Å². The number of carbonyl (C=O) groups excluding carboxylic acids is 3. The maximum absolute atomic E-state index is 12.2. The highest BCUT2D eigenvalue weighted by Gasteiger charge is 2.19. The van der Waals surface area contributed by atoms with Crippen LogP contribution in [0.2, 0.25) is 0 Å². The Kier molecular flexibility index (Phi) is 7.76. The monoisotopic (exact) mass is 408 g/mol. The fourth-order valence-electron chi connectivity index (χ4n) is 2.22. The third kappa shape index (κ3) is 5.68. The van der Waals surface area contributed by atoms with E-state index in [-0.39, 0.29) is 24.3 Å². The van der Waals surface area contributed by atoms with Crippen LogP contribution in [0.4, 0.5) is 5.13 Å². The molecule has 0 saturated heterocycles. The van der Waals surface area contributed by atoms with E-state index < -0.39 is 24.5 Å². The van der Waals surface area contributed by atoms with E-state index in [0.29, 0.717) is 16.6 Å². The number of para-hydroxylation sites is 1. The van der Waals surface area contributed by atoms with Crippen molar-refractivity contribution in [3.05, 3.63) is 34.8 Å². The van der Waals surface area contributed by atoms with Crippen molar-refractivity contribution in [2.45, 2.75) is 13.3 Å². The number of hydrogen-bond acceptors (Lipinski definition) is 9. The van der Waals surface area contributed by atoms with E-state index >= 15 is 0 Å². The van der Waals surface area contributed by atoms with E-state index in [9.17, 15) is 14.4 Å². The Balaban J connectivity index is 1.90. The van der Waals surface area contributed by atoms with Crippen molar-refractivity contribution in [3.63, 3.8) is 0 Å². The third-order valence-electron chi connectivity index (χ3n) is 3.39.